The molecule has 2 rings (SSSR count). The molecular formula is C18H19NO4. The Hall–Kier alpha value is -2.82. The van der Waals surface area contributed by atoms with Crippen LogP contribution in [-0.4, -0.2) is 25.4 Å². The molecule has 0 aliphatic rings. The molecule has 2 aromatic carbocycles. The molecule has 0 bridgehead atoms. The van der Waals surface area contributed by atoms with Gasteiger partial charge in [-0.3, -0.25) is 9.59 Å². The van der Waals surface area contributed by atoms with E-state index >= 15 is 0 Å². The molecule has 0 saturated carbocycles. The Kier molecular flexibility index (Phi) is 5.36. The number of Topliss-reactive ketones (excluding diaryl/α,β-unsaturated/α-hetero) is 1. The van der Waals surface area contributed by atoms with Gasteiger partial charge in [-0.15, -0.1) is 0 Å². The van der Waals surface area contributed by atoms with Crippen LogP contribution in [0.25, 0.3) is 0 Å². The number of ketones is 1. The van der Waals surface area contributed by atoms with Crippen molar-refractivity contribution in [2.45, 2.75) is 13.8 Å². The Morgan fingerprint density at radius 2 is 1.87 bits per heavy atom. The minimum Gasteiger partial charge on any atom is -0.497 e. The van der Waals surface area contributed by atoms with E-state index in [2.05, 4.69) is 5.32 Å². The lowest BCUT2D eigenvalue weighted by molar-refractivity contribution is 0.101. The molecule has 0 atom stereocenters. The van der Waals surface area contributed by atoms with Gasteiger partial charge in [0.25, 0.3) is 5.91 Å². The summed E-state index contributed by atoms with van der Waals surface area (Å²) in [5.74, 6) is 0.740. The fourth-order valence-electron chi connectivity index (χ4n) is 2.09. The molecule has 0 spiro atoms. The lowest BCUT2D eigenvalue weighted by Gasteiger charge is -2.13. The summed E-state index contributed by atoms with van der Waals surface area (Å²) >= 11 is 0. The fourth-order valence-corrected chi connectivity index (χ4v) is 2.09. The molecule has 2 aromatic rings. The van der Waals surface area contributed by atoms with E-state index in [4.69, 9.17) is 9.47 Å². The van der Waals surface area contributed by atoms with Gasteiger partial charge >= 0.3 is 0 Å². The summed E-state index contributed by atoms with van der Waals surface area (Å²) in [6, 6.07) is 11.8. The van der Waals surface area contributed by atoms with Gasteiger partial charge < -0.3 is 14.8 Å². The Labute approximate surface area is 135 Å². The van der Waals surface area contributed by atoms with Crippen molar-refractivity contribution in [1.82, 2.24) is 0 Å². The zero-order chi connectivity index (χ0) is 16.8. The Balaban J connectivity index is 2.31. The van der Waals surface area contributed by atoms with E-state index < -0.39 is 0 Å². The van der Waals surface area contributed by atoms with Crippen molar-refractivity contribution in [3.05, 3.63) is 53.6 Å². The number of ether oxygens (including phenoxy) is 2. The quantitative estimate of drug-likeness (QED) is 0.828. The van der Waals surface area contributed by atoms with E-state index in [1.807, 2.05) is 6.92 Å². The normalized spacial score (nSPS) is 10.0. The third-order valence-corrected chi connectivity index (χ3v) is 3.27. The van der Waals surface area contributed by atoms with Crippen molar-refractivity contribution in [3.8, 4) is 11.5 Å². The second kappa shape index (κ2) is 7.45. The van der Waals surface area contributed by atoms with Gasteiger partial charge in [0.2, 0.25) is 0 Å². The second-order valence-electron chi connectivity index (χ2n) is 4.89. The molecule has 0 fully saturated rings. The minimum absolute atomic E-state index is 0.0788. The van der Waals surface area contributed by atoms with Gasteiger partial charge in [0.05, 0.1) is 19.4 Å². The van der Waals surface area contributed by atoms with Crippen LogP contribution in [0.15, 0.2) is 42.5 Å². The molecule has 5 nitrogen and oxygen atoms in total. The van der Waals surface area contributed by atoms with Gasteiger partial charge in [0.15, 0.2) is 5.78 Å². The van der Waals surface area contributed by atoms with Crippen LogP contribution in [0.5, 0.6) is 11.5 Å². The summed E-state index contributed by atoms with van der Waals surface area (Å²) in [6.07, 6.45) is 0. The van der Waals surface area contributed by atoms with Gasteiger partial charge in [-0.2, -0.15) is 0 Å². The molecule has 0 saturated heterocycles. The molecule has 1 amide bonds. The van der Waals surface area contributed by atoms with Crippen LogP contribution < -0.4 is 14.8 Å². The first kappa shape index (κ1) is 16.5. The first-order chi connectivity index (χ1) is 11.0. The van der Waals surface area contributed by atoms with Crippen LogP contribution in [0.4, 0.5) is 5.69 Å². The highest BCUT2D eigenvalue weighted by Crippen LogP contribution is 2.27. The Morgan fingerprint density at radius 3 is 2.52 bits per heavy atom. The van der Waals surface area contributed by atoms with Crippen molar-refractivity contribution in [3.63, 3.8) is 0 Å². The maximum absolute atomic E-state index is 12.4. The monoisotopic (exact) mass is 313 g/mol. The van der Waals surface area contributed by atoms with Gasteiger partial charge in [-0.05, 0) is 50.2 Å². The number of carbonyl (C=O) groups is 2. The van der Waals surface area contributed by atoms with Gasteiger partial charge in [0.1, 0.15) is 11.5 Å². The number of hydrogen-bond donors (Lipinski definition) is 1. The number of rotatable bonds is 6. The van der Waals surface area contributed by atoms with Crippen molar-refractivity contribution in [1.29, 1.82) is 0 Å². The van der Waals surface area contributed by atoms with E-state index in [1.54, 1.807) is 49.6 Å². The van der Waals surface area contributed by atoms with Crippen molar-refractivity contribution >= 4 is 17.4 Å². The van der Waals surface area contributed by atoms with Crippen molar-refractivity contribution < 1.29 is 19.1 Å². The summed E-state index contributed by atoms with van der Waals surface area (Å²) in [4.78, 5) is 23.9. The third kappa shape index (κ3) is 4.10. The van der Waals surface area contributed by atoms with Crippen LogP contribution in [0, 0.1) is 0 Å². The number of nitrogens with one attached hydrogen (secondary N) is 1. The topological polar surface area (TPSA) is 64.6 Å². The molecule has 120 valence electrons. The van der Waals surface area contributed by atoms with Gasteiger partial charge in [0, 0.05) is 11.1 Å². The molecule has 5 heteroatoms. The number of methoxy groups -OCH3 is 1. The highest BCUT2D eigenvalue weighted by atomic mass is 16.5. The van der Waals surface area contributed by atoms with E-state index in [9.17, 15) is 9.59 Å². The number of anilines is 1. The number of hydrogen-bond acceptors (Lipinski definition) is 4. The number of carbonyl (C=O) groups excluding carboxylic acids is 2. The lowest BCUT2D eigenvalue weighted by atomic mass is 10.1. The molecule has 0 aliphatic carbocycles. The van der Waals surface area contributed by atoms with E-state index in [0.29, 0.717) is 34.9 Å². The molecule has 0 unspecified atom stereocenters. The standard InChI is InChI=1S/C18H19NO4/c1-4-23-17-9-8-13(12(2)20)11-16(17)19-18(21)14-6-5-7-15(10-14)22-3/h5-11H,4H2,1-3H3,(H,19,21). The zero-order valence-corrected chi connectivity index (χ0v) is 13.4. The van der Waals surface area contributed by atoms with Crippen LogP contribution >= 0.6 is 0 Å². The molecule has 0 aromatic heterocycles. The second-order valence-corrected chi connectivity index (χ2v) is 4.89. The predicted molar refractivity (Wildman–Crippen MR) is 88.6 cm³/mol. The van der Waals surface area contributed by atoms with Crippen LogP contribution in [-0.2, 0) is 0 Å². The first-order valence-electron chi connectivity index (χ1n) is 7.28. The zero-order valence-electron chi connectivity index (χ0n) is 13.4. The summed E-state index contributed by atoms with van der Waals surface area (Å²) in [6.45, 7) is 3.79. The smallest absolute Gasteiger partial charge is 0.255 e. The van der Waals surface area contributed by atoms with Gasteiger partial charge in [-0.25, -0.2) is 0 Å². The first-order valence-corrected chi connectivity index (χ1v) is 7.28. The van der Waals surface area contributed by atoms with Crippen molar-refractivity contribution in [2.24, 2.45) is 0 Å². The van der Waals surface area contributed by atoms with Crippen molar-refractivity contribution in [2.75, 3.05) is 19.0 Å². The fraction of sp³-hybridized carbons (Fsp3) is 0.222. The molecule has 0 heterocycles. The SMILES string of the molecule is CCOc1ccc(C(C)=O)cc1NC(=O)c1cccc(OC)c1. The highest BCUT2D eigenvalue weighted by molar-refractivity contribution is 6.06. The largest absolute Gasteiger partial charge is 0.497 e. The average molecular weight is 313 g/mol. The molecule has 1 N–H and O–H groups in total. The molecule has 0 radical (unpaired) electrons. The van der Waals surface area contributed by atoms with E-state index in [1.165, 1.54) is 6.92 Å². The summed E-state index contributed by atoms with van der Waals surface area (Å²) in [5, 5.41) is 2.79. The third-order valence-electron chi connectivity index (χ3n) is 3.27. The van der Waals surface area contributed by atoms with E-state index in [0.717, 1.165) is 0 Å². The predicted octanol–water partition coefficient (Wildman–Crippen LogP) is 3.55. The minimum atomic E-state index is -0.300. The Morgan fingerprint density at radius 1 is 1.09 bits per heavy atom. The summed E-state index contributed by atoms with van der Waals surface area (Å²) < 4.78 is 10.6. The van der Waals surface area contributed by atoms with Crippen LogP contribution in [0.1, 0.15) is 34.6 Å². The number of amides is 1. The summed E-state index contributed by atoms with van der Waals surface area (Å²) in [5.41, 5.74) is 1.43. The van der Waals surface area contributed by atoms with Crippen LogP contribution in [0.3, 0.4) is 0 Å². The maximum Gasteiger partial charge on any atom is 0.255 e. The highest BCUT2D eigenvalue weighted by Gasteiger charge is 2.13. The lowest BCUT2D eigenvalue weighted by Crippen LogP contribution is -2.13. The number of benzene rings is 2. The molecule has 23 heavy (non-hydrogen) atoms. The van der Waals surface area contributed by atoms with E-state index in [-0.39, 0.29) is 11.7 Å². The Bertz CT molecular complexity index is 725. The van der Waals surface area contributed by atoms with Gasteiger partial charge in [-0.1, -0.05) is 6.07 Å². The average Bonchev–Trinajstić information content (AvgIpc) is 2.56. The maximum atomic E-state index is 12.4. The summed E-state index contributed by atoms with van der Waals surface area (Å²) in [7, 11) is 1.54. The van der Waals surface area contributed by atoms with Crippen LogP contribution in [0.2, 0.25) is 0 Å². The molecular weight excluding hydrogens is 294 g/mol. The molecule has 0 aliphatic heterocycles.